The van der Waals surface area contributed by atoms with Crippen LogP contribution in [0.1, 0.15) is 37.1 Å². The Morgan fingerprint density at radius 1 is 1.13 bits per heavy atom. The van der Waals surface area contributed by atoms with Gasteiger partial charge in [-0.2, -0.15) is 10.4 Å². The number of nitriles is 1. The lowest BCUT2D eigenvalue weighted by atomic mass is 9.86. The Morgan fingerprint density at radius 3 is 2.63 bits per heavy atom. The van der Waals surface area contributed by atoms with Crippen LogP contribution in [0.25, 0.3) is 16.6 Å². The number of pyridine rings is 3. The summed E-state index contributed by atoms with van der Waals surface area (Å²) in [6.07, 6.45) is 8.26. The summed E-state index contributed by atoms with van der Waals surface area (Å²) in [5.74, 6) is 1.52. The Kier molecular flexibility index (Phi) is 6.01. The summed E-state index contributed by atoms with van der Waals surface area (Å²) in [6.45, 7) is 8.44. The molecule has 0 aromatic carbocycles. The predicted octanol–water partition coefficient (Wildman–Crippen LogP) is 3.58. The lowest BCUT2D eigenvalue weighted by Crippen LogP contribution is -2.68. The van der Waals surface area contributed by atoms with Gasteiger partial charge in [0, 0.05) is 60.9 Å². The number of anilines is 1. The van der Waals surface area contributed by atoms with Gasteiger partial charge in [-0.05, 0) is 63.1 Å². The summed E-state index contributed by atoms with van der Waals surface area (Å²) < 4.78 is 7.50. The first-order valence-electron chi connectivity index (χ1n) is 12.9. The van der Waals surface area contributed by atoms with Gasteiger partial charge in [0.15, 0.2) is 0 Å². The molecule has 4 aromatic rings. The number of aryl methyl sites for hydroxylation is 1. The fourth-order valence-electron chi connectivity index (χ4n) is 5.52. The number of fused-ring (bicyclic) bond motifs is 3. The number of aromatic nitrogens is 4. The van der Waals surface area contributed by atoms with Gasteiger partial charge in [-0.3, -0.25) is 9.88 Å². The van der Waals surface area contributed by atoms with E-state index in [-0.39, 0.29) is 6.61 Å². The number of rotatable bonds is 7. The van der Waals surface area contributed by atoms with E-state index in [1.165, 1.54) is 12.0 Å². The molecule has 3 aliphatic heterocycles. The standard InChI is InChI=1S/C29H31N7O2/c1-19-8-20(6-7-31-19)14-35-23-9-24(35)16-34(15-23)27-5-4-21(12-32-27)26-10-25(38-18-29(2,3)37)17-36-28(26)22(11-30)13-33-36/h4-8,10,12-13,17,23-24,37H,9,14-16,18H2,1-3H3. The fourth-order valence-corrected chi connectivity index (χ4v) is 5.52. The van der Waals surface area contributed by atoms with Crippen molar-refractivity contribution in [3.63, 3.8) is 0 Å². The molecule has 2 atom stereocenters. The van der Waals surface area contributed by atoms with Crippen molar-refractivity contribution >= 4 is 11.3 Å². The lowest BCUT2D eigenvalue weighted by molar-refractivity contribution is -0.00871. The maximum absolute atomic E-state index is 10.1. The van der Waals surface area contributed by atoms with Gasteiger partial charge in [-0.1, -0.05) is 0 Å². The van der Waals surface area contributed by atoms with Crippen LogP contribution >= 0.6 is 0 Å². The number of ether oxygens (including phenoxy) is 1. The zero-order valence-electron chi connectivity index (χ0n) is 21.9. The summed E-state index contributed by atoms with van der Waals surface area (Å²) in [7, 11) is 0. The highest BCUT2D eigenvalue weighted by Gasteiger charge is 2.44. The summed E-state index contributed by atoms with van der Waals surface area (Å²) >= 11 is 0. The second kappa shape index (κ2) is 9.39. The van der Waals surface area contributed by atoms with Gasteiger partial charge >= 0.3 is 0 Å². The number of aliphatic hydroxyl groups is 1. The largest absolute Gasteiger partial charge is 0.489 e. The Bertz CT molecular complexity index is 1500. The van der Waals surface area contributed by atoms with Crippen molar-refractivity contribution in [1.29, 1.82) is 5.26 Å². The number of hydrogen-bond acceptors (Lipinski definition) is 8. The topological polar surface area (TPSA) is 103 Å². The minimum absolute atomic E-state index is 0.136. The minimum atomic E-state index is -0.970. The van der Waals surface area contributed by atoms with Crippen LogP contribution < -0.4 is 9.64 Å². The first kappa shape index (κ1) is 24.3. The molecule has 9 heteroatoms. The van der Waals surface area contributed by atoms with Crippen LogP contribution in [0.2, 0.25) is 0 Å². The van der Waals surface area contributed by atoms with Crippen LogP contribution in [0, 0.1) is 18.3 Å². The second-order valence-corrected chi connectivity index (χ2v) is 11.0. The van der Waals surface area contributed by atoms with Crippen molar-refractivity contribution in [3.8, 4) is 22.9 Å². The van der Waals surface area contributed by atoms with Crippen LogP contribution in [-0.2, 0) is 6.54 Å². The lowest BCUT2D eigenvalue weighted by Gasteiger charge is -2.56. The van der Waals surface area contributed by atoms with Gasteiger partial charge < -0.3 is 14.7 Å². The van der Waals surface area contributed by atoms with E-state index in [9.17, 15) is 10.4 Å². The number of hydrogen-bond donors (Lipinski definition) is 1. The molecule has 38 heavy (non-hydrogen) atoms. The van der Waals surface area contributed by atoms with Gasteiger partial charge in [-0.25, -0.2) is 9.50 Å². The Balaban J connectivity index is 1.21. The van der Waals surface area contributed by atoms with Gasteiger partial charge in [0.05, 0.1) is 29.1 Å². The van der Waals surface area contributed by atoms with Crippen LogP contribution in [0.5, 0.6) is 5.75 Å². The highest BCUT2D eigenvalue weighted by Crippen LogP contribution is 2.36. The Hall–Kier alpha value is -4.00. The quantitative estimate of drug-likeness (QED) is 0.403. The van der Waals surface area contributed by atoms with Crippen molar-refractivity contribution in [2.75, 3.05) is 24.6 Å². The van der Waals surface area contributed by atoms with E-state index < -0.39 is 5.60 Å². The smallest absolute Gasteiger partial charge is 0.138 e. The van der Waals surface area contributed by atoms with E-state index in [4.69, 9.17) is 9.72 Å². The highest BCUT2D eigenvalue weighted by molar-refractivity contribution is 5.85. The second-order valence-electron chi connectivity index (χ2n) is 11.0. The molecule has 0 radical (unpaired) electrons. The molecule has 0 spiro atoms. The first-order valence-corrected chi connectivity index (χ1v) is 12.9. The van der Waals surface area contributed by atoms with Crippen LogP contribution in [-0.4, -0.2) is 67.0 Å². The minimum Gasteiger partial charge on any atom is -0.489 e. The molecule has 3 aliphatic rings. The summed E-state index contributed by atoms with van der Waals surface area (Å²) in [5.41, 5.74) is 4.29. The molecule has 1 N–H and O–H groups in total. The predicted molar refractivity (Wildman–Crippen MR) is 144 cm³/mol. The van der Waals surface area contributed by atoms with Crippen LogP contribution in [0.15, 0.2) is 55.1 Å². The van der Waals surface area contributed by atoms with Gasteiger partial charge in [0.25, 0.3) is 0 Å². The van der Waals surface area contributed by atoms with E-state index in [2.05, 4.69) is 44.2 Å². The molecule has 3 fully saturated rings. The summed E-state index contributed by atoms with van der Waals surface area (Å²) in [5, 5.41) is 24.1. The normalized spacial score (nSPS) is 19.3. The van der Waals surface area contributed by atoms with E-state index in [0.29, 0.717) is 28.9 Å². The van der Waals surface area contributed by atoms with Crippen molar-refractivity contribution < 1.29 is 9.84 Å². The fraction of sp³-hybridized carbons (Fsp3) is 0.379. The molecule has 9 nitrogen and oxygen atoms in total. The summed E-state index contributed by atoms with van der Waals surface area (Å²) in [4.78, 5) is 14.1. The molecule has 4 aromatic heterocycles. The molecular weight excluding hydrogens is 478 g/mol. The number of nitrogens with zero attached hydrogens (tertiary/aromatic N) is 7. The SMILES string of the molecule is Cc1cc(CN2C3CC2CN(c2ccc(-c4cc(OCC(C)(C)O)cn5ncc(C#N)c45)cn2)C3)ccn1. The van der Waals surface area contributed by atoms with Gasteiger partial charge in [-0.15, -0.1) is 0 Å². The first-order chi connectivity index (χ1) is 18.3. The summed E-state index contributed by atoms with van der Waals surface area (Å²) in [6, 6.07) is 13.6. The van der Waals surface area contributed by atoms with E-state index in [0.717, 1.165) is 42.3 Å². The van der Waals surface area contributed by atoms with Crippen molar-refractivity contribution in [1.82, 2.24) is 24.5 Å². The Morgan fingerprint density at radius 2 is 1.95 bits per heavy atom. The van der Waals surface area contributed by atoms with Crippen LogP contribution in [0.3, 0.4) is 0 Å². The highest BCUT2D eigenvalue weighted by atomic mass is 16.5. The molecule has 7 heterocycles. The van der Waals surface area contributed by atoms with E-state index >= 15 is 0 Å². The average molecular weight is 510 g/mol. The average Bonchev–Trinajstić information content (AvgIpc) is 3.33. The molecule has 0 aliphatic carbocycles. The Labute approximate surface area is 221 Å². The molecular formula is C29H31N7O2. The van der Waals surface area contributed by atoms with Crippen molar-refractivity contribution in [2.24, 2.45) is 0 Å². The maximum atomic E-state index is 10.1. The van der Waals surface area contributed by atoms with Crippen LogP contribution in [0.4, 0.5) is 5.82 Å². The number of piperazine rings is 1. The molecule has 7 rings (SSSR count). The van der Waals surface area contributed by atoms with Gasteiger partial charge in [0.2, 0.25) is 0 Å². The monoisotopic (exact) mass is 509 g/mol. The zero-order valence-corrected chi connectivity index (χ0v) is 21.9. The molecule has 2 unspecified atom stereocenters. The molecule has 194 valence electrons. The van der Waals surface area contributed by atoms with Crippen molar-refractivity contribution in [3.05, 3.63) is 71.9 Å². The molecule has 2 bridgehead atoms. The van der Waals surface area contributed by atoms with Crippen molar-refractivity contribution in [2.45, 2.75) is 51.4 Å². The van der Waals surface area contributed by atoms with E-state index in [1.54, 1.807) is 30.8 Å². The molecule has 0 saturated carbocycles. The maximum Gasteiger partial charge on any atom is 0.138 e. The van der Waals surface area contributed by atoms with Gasteiger partial charge in [0.1, 0.15) is 24.2 Å². The molecule has 0 amide bonds. The third-order valence-corrected chi connectivity index (χ3v) is 7.35. The third kappa shape index (κ3) is 4.69. The van der Waals surface area contributed by atoms with E-state index in [1.807, 2.05) is 31.5 Å². The third-order valence-electron chi connectivity index (χ3n) is 7.35. The molecule has 3 saturated heterocycles. The zero-order chi connectivity index (χ0) is 26.4. The number of piperidine rings is 1.